The predicted octanol–water partition coefficient (Wildman–Crippen LogP) is 0.613. The molecule has 0 atom stereocenters. The summed E-state index contributed by atoms with van der Waals surface area (Å²) in [6.07, 6.45) is 1.57. The third-order valence-electron chi connectivity index (χ3n) is 3.10. The lowest BCUT2D eigenvalue weighted by Gasteiger charge is -2.31. The van der Waals surface area contributed by atoms with Crippen LogP contribution >= 0.6 is 11.6 Å². The molecule has 19 heavy (non-hydrogen) atoms. The van der Waals surface area contributed by atoms with Gasteiger partial charge in [-0.1, -0.05) is 0 Å². The van der Waals surface area contributed by atoms with Gasteiger partial charge in [0.25, 0.3) is 5.91 Å². The Kier molecular flexibility index (Phi) is 4.44. The zero-order valence-corrected chi connectivity index (χ0v) is 11.2. The van der Waals surface area contributed by atoms with Crippen molar-refractivity contribution in [3.05, 3.63) is 23.1 Å². The Morgan fingerprint density at radius 2 is 2.11 bits per heavy atom. The van der Waals surface area contributed by atoms with E-state index in [1.54, 1.807) is 6.07 Å². The van der Waals surface area contributed by atoms with Crippen LogP contribution < -0.4 is 11.1 Å². The molecule has 6 nitrogen and oxygen atoms in total. The fourth-order valence-corrected chi connectivity index (χ4v) is 2.29. The van der Waals surface area contributed by atoms with E-state index >= 15 is 0 Å². The summed E-state index contributed by atoms with van der Waals surface area (Å²) in [5.74, 6) is -0.377. The predicted molar refractivity (Wildman–Crippen MR) is 69.8 cm³/mol. The minimum Gasteiger partial charge on any atom is -0.440 e. The monoisotopic (exact) mass is 285 g/mol. The molecule has 7 heteroatoms. The van der Waals surface area contributed by atoms with Crippen LogP contribution in [0.4, 0.5) is 0 Å². The number of amides is 2. The van der Waals surface area contributed by atoms with Gasteiger partial charge in [0.05, 0.1) is 6.54 Å². The van der Waals surface area contributed by atoms with Crippen molar-refractivity contribution in [3.63, 3.8) is 0 Å². The highest BCUT2D eigenvalue weighted by molar-refractivity contribution is 6.29. The molecule has 1 aliphatic heterocycles. The van der Waals surface area contributed by atoms with Crippen molar-refractivity contribution in [3.8, 4) is 0 Å². The molecule has 2 amide bonds. The summed E-state index contributed by atoms with van der Waals surface area (Å²) in [6, 6.07) is 3.16. The van der Waals surface area contributed by atoms with Crippen molar-refractivity contribution in [1.29, 1.82) is 0 Å². The van der Waals surface area contributed by atoms with Crippen LogP contribution in [-0.4, -0.2) is 42.4 Å². The number of furan rings is 1. The van der Waals surface area contributed by atoms with Crippen molar-refractivity contribution in [2.75, 3.05) is 19.6 Å². The van der Waals surface area contributed by atoms with Crippen molar-refractivity contribution in [2.45, 2.75) is 18.9 Å². The van der Waals surface area contributed by atoms with Gasteiger partial charge in [-0.2, -0.15) is 0 Å². The minimum absolute atomic E-state index is 0.0838. The Hall–Kier alpha value is -1.53. The van der Waals surface area contributed by atoms with Gasteiger partial charge in [-0.3, -0.25) is 14.5 Å². The highest BCUT2D eigenvalue weighted by Gasteiger charge is 2.22. The van der Waals surface area contributed by atoms with E-state index in [1.165, 1.54) is 6.07 Å². The summed E-state index contributed by atoms with van der Waals surface area (Å²) in [7, 11) is 0. The summed E-state index contributed by atoms with van der Waals surface area (Å²) < 4.78 is 5.04. The molecule has 0 unspecified atom stereocenters. The largest absolute Gasteiger partial charge is 0.440 e. The first-order valence-electron chi connectivity index (χ1n) is 6.11. The van der Waals surface area contributed by atoms with Crippen LogP contribution in [0, 0.1) is 0 Å². The number of hydrogen-bond acceptors (Lipinski definition) is 4. The molecule has 0 radical (unpaired) electrons. The lowest BCUT2D eigenvalue weighted by Crippen LogP contribution is -2.46. The van der Waals surface area contributed by atoms with E-state index < -0.39 is 0 Å². The number of likely N-dealkylation sites (tertiary alicyclic amines) is 1. The molecule has 1 aromatic rings. The maximum atomic E-state index is 11.8. The maximum Gasteiger partial charge on any atom is 0.287 e. The van der Waals surface area contributed by atoms with Gasteiger partial charge in [-0.15, -0.1) is 0 Å². The summed E-state index contributed by atoms with van der Waals surface area (Å²) >= 11 is 5.62. The van der Waals surface area contributed by atoms with Crippen LogP contribution in [0.2, 0.25) is 5.22 Å². The Labute approximate surface area is 115 Å². The number of primary amides is 1. The minimum atomic E-state index is -0.326. The third-order valence-corrected chi connectivity index (χ3v) is 3.30. The van der Waals surface area contributed by atoms with E-state index in [-0.39, 0.29) is 35.4 Å². The van der Waals surface area contributed by atoms with E-state index in [0.29, 0.717) is 0 Å². The number of nitrogens with one attached hydrogen (secondary N) is 1. The van der Waals surface area contributed by atoms with E-state index in [1.807, 2.05) is 4.90 Å². The van der Waals surface area contributed by atoms with Gasteiger partial charge in [0.15, 0.2) is 11.0 Å². The van der Waals surface area contributed by atoms with Crippen LogP contribution in [0.25, 0.3) is 0 Å². The van der Waals surface area contributed by atoms with Crippen LogP contribution in [0.5, 0.6) is 0 Å². The topological polar surface area (TPSA) is 88.6 Å². The van der Waals surface area contributed by atoms with Gasteiger partial charge in [0.2, 0.25) is 5.91 Å². The van der Waals surface area contributed by atoms with Gasteiger partial charge in [0, 0.05) is 19.1 Å². The van der Waals surface area contributed by atoms with E-state index in [0.717, 1.165) is 25.9 Å². The van der Waals surface area contributed by atoms with Crippen molar-refractivity contribution in [1.82, 2.24) is 10.2 Å². The molecule has 2 rings (SSSR count). The number of carbonyl (C=O) groups excluding carboxylic acids is 2. The number of nitrogens with two attached hydrogens (primary N) is 1. The molecule has 2 heterocycles. The molecule has 0 spiro atoms. The van der Waals surface area contributed by atoms with Crippen molar-refractivity contribution < 1.29 is 14.0 Å². The quantitative estimate of drug-likeness (QED) is 0.848. The fourth-order valence-electron chi connectivity index (χ4n) is 2.15. The van der Waals surface area contributed by atoms with E-state index in [4.69, 9.17) is 21.8 Å². The highest BCUT2D eigenvalue weighted by Crippen LogP contribution is 2.15. The maximum absolute atomic E-state index is 11.8. The second-order valence-electron chi connectivity index (χ2n) is 4.59. The van der Waals surface area contributed by atoms with Gasteiger partial charge in [-0.05, 0) is 36.6 Å². The summed E-state index contributed by atoms with van der Waals surface area (Å²) in [5.41, 5.74) is 5.14. The highest BCUT2D eigenvalue weighted by atomic mass is 35.5. The first-order valence-corrected chi connectivity index (χ1v) is 6.49. The van der Waals surface area contributed by atoms with Gasteiger partial charge >= 0.3 is 0 Å². The number of nitrogens with zero attached hydrogens (tertiary/aromatic N) is 1. The number of halogens is 1. The summed E-state index contributed by atoms with van der Waals surface area (Å²) in [5, 5.41) is 3.08. The first kappa shape index (κ1) is 13.9. The number of rotatable bonds is 4. The Bertz CT molecular complexity index is 467. The van der Waals surface area contributed by atoms with Crippen LogP contribution in [-0.2, 0) is 4.79 Å². The molecular formula is C12H16ClN3O3. The van der Waals surface area contributed by atoms with Gasteiger partial charge in [-0.25, -0.2) is 0 Å². The molecule has 0 saturated carbocycles. The average molecular weight is 286 g/mol. The molecule has 0 aliphatic carbocycles. The lowest BCUT2D eigenvalue weighted by molar-refractivity contribution is -0.119. The van der Waals surface area contributed by atoms with Crippen LogP contribution in [0.3, 0.4) is 0 Å². The Balaban J connectivity index is 1.79. The molecule has 3 N–H and O–H groups in total. The lowest BCUT2D eigenvalue weighted by atomic mass is 10.0. The summed E-state index contributed by atoms with van der Waals surface area (Å²) in [6.45, 7) is 1.76. The molecule has 1 fully saturated rings. The number of hydrogen-bond donors (Lipinski definition) is 2. The van der Waals surface area contributed by atoms with Crippen LogP contribution in [0.15, 0.2) is 16.5 Å². The molecule has 1 aliphatic rings. The first-order chi connectivity index (χ1) is 9.04. The molecule has 1 aromatic heterocycles. The standard InChI is InChI=1S/C12H16ClN3O3/c13-10-2-1-9(19-10)12(18)15-8-3-5-16(6-4-8)7-11(14)17/h1-2,8H,3-7H2,(H2,14,17)(H,15,18). The molecule has 104 valence electrons. The Morgan fingerprint density at radius 1 is 1.42 bits per heavy atom. The number of carbonyl (C=O) groups is 2. The number of piperidine rings is 1. The van der Waals surface area contributed by atoms with Crippen molar-refractivity contribution >= 4 is 23.4 Å². The Morgan fingerprint density at radius 3 is 2.63 bits per heavy atom. The van der Waals surface area contributed by atoms with E-state index in [2.05, 4.69) is 5.32 Å². The zero-order valence-electron chi connectivity index (χ0n) is 10.4. The SMILES string of the molecule is NC(=O)CN1CCC(NC(=O)c2ccc(Cl)o2)CC1. The smallest absolute Gasteiger partial charge is 0.287 e. The third kappa shape index (κ3) is 3.97. The van der Waals surface area contributed by atoms with Gasteiger partial charge in [0.1, 0.15) is 0 Å². The molecule has 0 aromatic carbocycles. The molecule has 0 bridgehead atoms. The van der Waals surface area contributed by atoms with E-state index in [9.17, 15) is 9.59 Å². The molecular weight excluding hydrogens is 270 g/mol. The normalized spacial score (nSPS) is 17.3. The second-order valence-corrected chi connectivity index (χ2v) is 4.97. The zero-order chi connectivity index (χ0) is 13.8. The average Bonchev–Trinajstić information content (AvgIpc) is 2.78. The molecule has 1 saturated heterocycles. The fraction of sp³-hybridized carbons (Fsp3) is 0.500. The van der Waals surface area contributed by atoms with Gasteiger partial charge < -0.3 is 15.5 Å². The van der Waals surface area contributed by atoms with Crippen LogP contribution in [0.1, 0.15) is 23.4 Å². The second kappa shape index (κ2) is 6.08. The van der Waals surface area contributed by atoms with Crippen molar-refractivity contribution in [2.24, 2.45) is 5.73 Å². The summed E-state index contributed by atoms with van der Waals surface area (Å²) in [4.78, 5) is 24.6.